The normalized spacial score (nSPS) is 21.1. The van der Waals surface area contributed by atoms with Crippen LogP contribution < -0.4 is 0 Å². The van der Waals surface area contributed by atoms with E-state index in [0.29, 0.717) is 19.8 Å². The Morgan fingerprint density at radius 2 is 1.60 bits per heavy atom. The van der Waals surface area contributed by atoms with E-state index < -0.39 is 6.10 Å². The van der Waals surface area contributed by atoms with Crippen molar-refractivity contribution in [1.82, 2.24) is 0 Å². The molecule has 3 rings (SSSR count). The first-order valence-electron chi connectivity index (χ1n) is 8.73. The quantitative estimate of drug-likeness (QED) is 0.655. The second kappa shape index (κ2) is 9.47. The molecule has 1 aliphatic rings. The number of benzene rings is 2. The fourth-order valence-corrected chi connectivity index (χ4v) is 2.98. The lowest BCUT2D eigenvalue weighted by Gasteiger charge is -2.20. The van der Waals surface area contributed by atoms with Crippen molar-refractivity contribution < 1.29 is 19.0 Å². The summed E-state index contributed by atoms with van der Waals surface area (Å²) < 4.78 is 17.4. The van der Waals surface area contributed by atoms with E-state index in [0.717, 1.165) is 30.3 Å². The van der Waals surface area contributed by atoms with Crippen molar-refractivity contribution in [2.75, 3.05) is 6.61 Å². The summed E-state index contributed by atoms with van der Waals surface area (Å²) in [5, 5.41) is 0. The fourth-order valence-electron chi connectivity index (χ4n) is 2.98. The number of rotatable bonds is 9. The number of hydrogen-bond donors (Lipinski definition) is 0. The van der Waals surface area contributed by atoms with E-state index in [2.05, 4.69) is 0 Å². The summed E-state index contributed by atoms with van der Waals surface area (Å²) in [6.07, 6.45) is 1.86. The van der Waals surface area contributed by atoms with Gasteiger partial charge in [-0.05, 0) is 24.0 Å². The first kappa shape index (κ1) is 17.8. The van der Waals surface area contributed by atoms with Crippen molar-refractivity contribution in [3.63, 3.8) is 0 Å². The zero-order valence-electron chi connectivity index (χ0n) is 14.3. The lowest BCUT2D eigenvalue weighted by atomic mass is 10.1. The molecule has 4 nitrogen and oxygen atoms in total. The highest BCUT2D eigenvalue weighted by Crippen LogP contribution is 2.24. The molecule has 25 heavy (non-hydrogen) atoms. The van der Waals surface area contributed by atoms with Crippen molar-refractivity contribution >= 4 is 6.29 Å². The van der Waals surface area contributed by atoms with Crippen LogP contribution in [0.25, 0.3) is 0 Å². The molecule has 0 aromatic heterocycles. The smallest absolute Gasteiger partial charge is 0.151 e. The molecule has 2 aromatic carbocycles. The SMILES string of the molecule is O=C[C@H](OCc1ccccc1)[C@H]1CC[C@H](COCc2ccccc2)O1. The van der Waals surface area contributed by atoms with Crippen LogP contribution in [0.5, 0.6) is 0 Å². The van der Waals surface area contributed by atoms with Crippen LogP contribution in [0.1, 0.15) is 24.0 Å². The minimum absolute atomic E-state index is 0.0245. The number of ether oxygens (including phenoxy) is 3. The van der Waals surface area contributed by atoms with Crippen molar-refractivity contribution in [2.24, 2.45) is 0 Å². The van der Waals surface area contributed by atoms with Gasteiger partial charge >= 0.3 is 0 Å². The van der Waals surface area contributed by atoms with E-state index in [4.69, 9.17) is 14.2 Å². The maximum Gasteiger partial charge on any atom is 0.151 e. The van der Waals surface area contributed by atoms with Crippen LogP contribution in [0.15, 0.2) is 60.7 Å². The van der Waals surface area contributed by atoms with E-state index in [1.807, 2.05) is 60.7 Å². The van der Waals surface area contributed by atoms with Gasteiger partial charge in [-0.15, -0.1) is 0 Å². The summed E-state index contributed by atoms with van der Waals surface area (Å²) in [6.45, 7) is 1.53. The molecular weight excluding hydrogens is 316 g/mol. The van der Waals surface area contributed by atoms with E-state index >= 15 is 0 Å². The molecule has 4 heteroatoms. The first-order chi connectivity index (χ1) is 12.3. The van der Waals surface area contributed by atoms with Crippen LogP contribution in [-0.2, 0) is 32.2 Å². The van der Waals surface area contributed by atoms with Gasteiger partial charge in [0.05, 0.1) is 32.0 Å². The molecule has 0 amide bonds. The lowest BCUT2D eigenvalue weighted by molar-refractivity contribution is -0.132. The molecular formula is C21H24O4. The average Bonchev–Trinajstić information content (AvgIpc) is 3.13. The van der Waals surface area contributed by atoms with Gasteiger partial charge in [0.25, 0.3) is 0 Å². The number of carbonyl (C=O) groups excluding carboxylic acids is 1. The van der Waals surface area contributed by atoms with Crippen LogP contribution in [0.4, 0.5) is 0 Å². The Kier molecular flexibility index (Phi) is 6.74. The topological polar surface area (TPSA) is 44.8 Å². The molecule has 1 fully saturated rings. The number of aldehydes is 1. The van der Waals surface area contributed by atoms with Crippen LogP contribution >= 0.6 is 0 Å². The molecule has 1 saturated heterocycles. The van der Waals surface area contributed by atoms with E-state index in [9.17, 15) is 4.79 Å². The fraction of sp³-hybridized carbons (Fsp3) is 0.381. The highest BCUT2D eigenvalue weighted by atomic mass is 16.6. The molecule has 0 spiro atoms. The van der Waals surface area contributed by atoms with Crippen molar-refractivity contribution in [2.45, 2.75) is 44.4 Å². The second-order valence-corrected chi connectivity index (χ2v) is 6.27. The third-order valence-corrected chi connectivity index (χ3v) is 4.34. The molecule has 0 unspecified atom stereocenters. The monoisotopic (exact) mass is 340 g/mol. The number of hydrogen-bond acceptors (Lipinski definition) is 4. The van der Waals surface area contributed by atoms with Gasteiger partial charge in [-0.25, -0.2) is 0 Å². The molecule has 0 aliphatic carbocycles. The summed E-state index contributed by atoms with van der Waals surface area (Å²) in [4.78, 5) is 11.4. The Bertz CT molecular complexity index is 629. The minimum Gasteiger partial charge on any atom is -0.374 e. The predicted octanol–water partition coefficient (Wildman–Crippen LogP) is 3.54. The van der Waals surface area contributed by atoms with Gasteiger partial charge in [0.2, 0.25) is 0 Å². The van der Waals surface area contributed by atoms with Crippen LogP contribution in [0.2, 0.25) is 0 Å². The number of carbonyl (C=O) groups is 1. The Balaban J connectivity index is 1.40. The predicted molar refractivity (Wildman–Crippen MR) is 95.1 cm³/mol. The van der Waals surface area contributed by atoms with Crippen molar-refractivity contribution in [1.29, 1.82) is 0 Å². The van der Waals surface area contributed by atoms with Crippen molar-refractivity contribution in [3.8, 4) is 0 Å². The summed E-state index contributed by atoms with van der Waals surface area (Å²) >= 11 is 0. The highest BCUT2D eigenvalue weighted by Gasteiger charge is 2.32. The Morgan fingerprint density at radius 3 is 2.24 bits per heavy atom. The van der Waals surface area contributed by atoms with Gasteiger partial charge in [-0.1, -0.05) is 60.7 Å². The summed E-state index contributed by atoms with van der Waals surface area (Å²) in [7, 11) is 0. The largest absolute Gasteiger partial charge is 0.374 e. The summed E-state index contributed by atoms with van der Waals surface area (Å²) in [5.74, 6) is 0. The Labute approximate surface area is 148 Å². The average molecular weight is 340 g/mol. The molecule has 2 aromatic rings. The van der Waals surface area contributed by atoms with E-state index in [1.165, 1.54) is 0 Å². The van der Waals surface area contributed by atoms with Gasteiger partial charge < -0.3 is 19.0 Å². The first-order valence-corrected chi connectivity index (χ1v) is 8.73. The molecule has 1 heterocycles. The zero-order valence-corrected chi connectivity index (χ0v) is 14.3. The second-order valence-electron chi connectivity index (χ2n) is 6.27. The minimum atomic E-state index is -0.528. The standard InChI is InChI=1S/C21H24O4/c22-13-21(24-15-18-9-5-2-6-10-18)20-12-11-19(25-20)16-23-14-17-7-3-1-4-8-17/h1-10,13,19-21H,11-12,14-16H2/t19-,20-,21+/m1/s1. The maximum absolute atomic E-state index is 11.4. The van der Waals surface area contributed by atoms with Gasteiger partial charge in [-0.2, -0.15) is 0 Å². The maximum atomic E-state index is 11.4. The van der Waals surface area contributed by atoms with Gasteiger partial charge in [0, 0.05) is 0 Å². The molecule has 132 valence electrons. The van der Waals surface area contributed by atoms with Gasteiger partial charge in [0.1, 0.15) is 6.10 Å². The van der Waals surface area contributed by atoms with Crippen LogP contribution in [0.3, 0.4) is 0 Å². The van der Waals surface area contributed by atoms with Gasteiger partial charge in [0.15, 0.2) is 6.29 Å². The summed E-state index contributed by atoms with van der Waals surface area (Å²) in [6, 6.07) is 19.9. The Hall–Kier alpha value is -2.01. The third kappa shape index (κ3) is 5.49. The highest BCUT2D eigenvalue weighted by molar-refractivity contribution is 5.57. The summed E-state index contributed by atoms with van der Waals surface area (Å²) in [5.41, 5.74) is 2.20. The Morgan fingerprint density at radius 1 is 0.960 bits per heavy atom. The molecule has 0 saturated carbocycles. The molecule has 1 aliphatic heterocycles. The zero-order chi connectivity index (χ0) is 17.3. The van der Waals surface area contributed by atoms with Crippen LogP contribution in [-0.4, -0.2) is 31.2 Å². The molecule has 3 atom stereocenters. The lowest BCUT2D eigenvalue weighted by Crippen LogP contribution is -2.31. The van der Waals surface area contributed by atoms with E-state index in [-0.39, 0.29) is 12.2 Å². The molecule has 0 radical (unpaired) electrons. The van der Waals surface area contributed by atoms with Crippen LogP contribution in [0, 0.1) is 0 Å². The molecule has 0 bridgehead atoms. The van der Waals surface area contributed by atoms with E-state index in [1.54, 1.807) is 0 Å². The third-order valence-electron chi connectivity index (χ3n) is 4.34. The molecule has 0 N–H and O–H groups in total. The van der Waals surface area contributed by atoms with Gasteiger partial charge in [-0.3, -0.25) is 0 Å². The van der Waals surface area contributed by atoms with Crippen molar-refractivity contribution in [3.05, 3.63) is 71.8 Å².